The van der Waals surface area contributed by atoms with E-state index in [1.807, 2.05) is 0 Å². The van der Waals surface area contributed by atoms with Gasteiger partial charge >= 0.3 is 0 Å². The highest BCUT2D eigenvalue weighted by Gasteiger charge is 2.27. The highest BCUT2D eigenvalue weighted by atomic mass is 35.5. The lowest BCUT2D eigenvalue weighted by molar-refractivity contribution is 0.318. The molecule has 1 aromatic heterocycles. The molecule has 0 aromatic carbocycles. The second-order valence-electron chi connectivity index (χ2n) is 5.22. The molecule has 1 aliphatic heterocycles. The van der Waals surface area contributed by atoms with Gasteiger partial charge in [-0.2, -0.15) is 0 Å². The molecule has 0 amide bonds. The van der Waals surface area contributed by atoms with Crippen LogP contribution in [0.5, 0.6) is 0 Å². The first-order valence-electron chi connectivity index (χ1n) is 6.42. The molecule has 1 unspecified atom stereocenters. The van der Waals surface area contributed by atoms with E-state index in [4.69, 9.17) is 22.5 Å². The van der Waals surface area contributed by atoms with Crippen LogP contribution in [0, 0.1) is 11.8 Å². The van der Waals surface area contributed by atoms with Gasteiger partial charge in [-0.3, -0.25) is 0 Å². The first kappa shape index (κ1) is 13.9. The largest absolute Gasteiger partial charge is 0.409 e. The highest BCUT2D eigenvalue weighted by molar-refractivity contribution is 6.36. The smallest absolute Gasteiger partial charge is 0.171 e. The van der Waals surface area contributed by atoms with Gasteiger partial charge in [0, 0.05) is 24.8 Å². The van der Waals surface area contributed by atoms with Gasteiger partial charge in [0.15, 0.2) is 5.84 Å². The Bertz CT molecular complexity index is 490. The average Bonchev–Trinajstić information content (AvgIpc) is 2.87. The van der Waals surface area contributed by atoms with Crippen molar-refractivity contribution in [1.29, 1.82) is 0 Å². The normalized spacial score (nSPS) is 20.3. The second-order valence-corrected chi connectivity index (χ2v) is 5.60. The van der Waals surface area contributed by atoms with E-state index in [0.29, 0.717) is 28.2 Å². The maximum absolute atomic E-state index is 8.75. The zero-order valence-corrected chi connectivity index (χ0v) is 11.9. The van der Waals surface area contributed by atoms with Crippen LogP contribution in [0.1, 0.15) is 25.8 Å². The van der Waals surface area contributed by atoms with E-state index in [1.165, 1.54) is 0 Å². The molecule has 0 radical (unpaired) electrons. The van der Waals surface area contributed by atoms with E-state index < -0.39 is 0 Å². The molecule has 1 saturated heterocycles. The minimum Gasteiger partial charge on any atom is -0.409 e. The molecule has 2 rings (SSSR count). The molecule has 104 valence electrons. The van der Waals surface area contributed by atoms with E-state index >= 15 is 0 Å². The lowest BCUT2D eigenvalue weighted by atomic mass is 9.95. The van der Waals surface area contributed by atoms with E-state index in [-0.39, 0.29) is 5.84 Å². The maximum atomic E-state index is 8.75. The number of aromatic nitrogens is 1. The quantitative estimate of drug-likeness (QED) is 0.386. The summed E-state index contributed by atoms with van der Waals surface area (Å²) in [5.41, 5.74) is 6.12. The third kappa shape index (κ3) is 2.76. The molecule has 0 bridgehead atoms. The van der Waals surface area contributed by atoms with Crippen molar-refractivity contribution in [3.63, 3.8) is 0 Å². The maximum Gasteiger partial charge on any atom is 0.171 e. The van der Waals surface area contributed by atoms with Gasteiger partial charge in [0.1, 0.15) is 5.82 Å². The first-order valence-corrected chi connectivity index (χ1v) is 6.79. The fourth-order valence-corrected chi connectivity index (χ4v) is 2.76. The summed E-state index contributed by atoms with van der Waals surface area (Å²) in [5.74, 6) is 2.03. The number of nitrogens with two attached hydrogens (primary N) is 1. The minimum absolute atomic E-state index is 0.00764. The Balaban J connectivity index is 2.27. The third-order valence-electron chi connectivity index (χ3n) is 3.72. The van der Waals surface area contributed by atoms with Gasteiger partial charge in [0.25, 0.3) is 0 Å². The Hall–Kier alpha value is -1.49. The Morgan fingerprint density at radius 2 is 2.37 bits per heavy atom. The Morgan fingerprint density at radius 1 is 1.63 bits per heavy atom. The van der Waals surface area contributed by atoms with Crippen LogP contribution in [0.2, 0.25) is 5.02 Å². The van der Waals surface area contributed by atoms with Crippen LogP contribution in [-0.4, -0.2) is 29.1 Å². The lowest BCUT2D eigenvalue weighted by Crippen LogP contribution is -2.24. The van der Waals surface area contributed by atoms with Crippen molar-refractivity contribution in [2.45, 2.75) is 20.3 Å². The van der Waals surface area contributed by atoms with Crippen LogP contribution >= 0.6 is 11.6 Å². The number of anilines is 1. The van der Waals surface area contributed by atoms with Crippen LogP contribution in [0.4, 0.5) is 5.82 Å². The Morgan fingerprint density at radius 3 is 2.95 bits per heavy atom. The number of pyridine rings is 1. The van der Waals surface area contributed by atoms with Crippen molar-refractivity contribution in [3.05, 3.63) is 22.8 Å². The molecule has 0 aliphatic carbocycles. The predicted molar refractivity (Wildman–Crippen MR) is 76.9 cm³/mol. The second kappa shape index (κ2) is 5.65. The molecule has 5 nitrogen and oxygen atoms in total. The van der Waals surface area contributed by atoms with Gasteiger partial charge in [0.05, 0.1) is 5.02 Å². The highest BCUT2D eigenvalue weighted by Crippen LogP contribution is 2.32. The van der Waals surface area contributed by atoms with Crippen molar-refractivity contribution in [1.82, 2.24) is 4.98 Å². The van der Waals surface area contributed by atoms with Crippen molar-refractivity contribution in [3.8, 4) is 0 Å². The summed E-state index contributed by atoms with van der Waals surface area (Å²) in [5, 5.41) is 12.2. The van der Waals surface area contributed by atoms with Crippen molar-refractivity contribution < 1.29 is 5.21 Å². The zero-order valence-electron chi connectivity index (χ0n) is 11.2. The number of rotatable bonds is 3. The van der Waals surface area contributed by atoms with Gasteiger partial charge in [-0.15, -0.1) is 0 Å². The number of amidine groups is 1. The van der Waals surface area contributed by atoms with Crippen LogP contribution in [-0.2, 0) is 0 Å². The fraction of sp³-hybridized carbons (Fsp3) is 0.538. The van der Waals surface area contributed by atoms with Crippen LogP contribution in [0.3, 0.4) is 0 Å². The topological polar surface area (TPSA) is 74.7 Å². The molecule has 1 atom stereocenters. The molecule has 3 N–H and O–H groups in total. The lowest BCUT2D eigenvalue weighted by Gasteiger charge is -2.20. The van der Waals surface area contributed by atoms with Crippen molar-refractivity contribution in [2.75, 3.05) is 18.0 Å². The molecule has 19 heavy (non-hydrogen) atoms. The fourth-order valence-electron chi connectivity index (χ4n) is 2.43. The summed E-state index contributed by atoms with van der Waals surface area (Å²) in [4.78, 5) is 6.50. The number of nitrogens with zero attached hydrogens (tertiary/aromatic N) is 3. The number of hydrogen-bond donors (Lipinski definition) is 2. The molecule has 1 aromatic rings. The van der Waals surface area contributed by atoms with Gasteiger partial charge in [0.2, 0.25) is 0 Å². The summed E-state index contributed by atoms with van der Waals surface area (Å²) in [7, 11) is 0. The van der Waals surface area contributed by atoms with Crippen LogP contribution < -0.4 is 10.6 Å². The van der Waals surface area contributed by atoms with E-state index in [1.54, 1.807) is 12.3 Å². The SMILES string of the molecule is CC(C)C1CCN(c2nccc(/C(N)=N/O)c2Cl)C1. The van der Waals surface area contributed by atoms with Crippen molar-refractivity contribution in [2.24, 2.45) is 22.7 Å². The van der Waals surface area contributed by atoms with E-state index in [2.05, 4.69) is 28.9 Å². The van der Waals surface area contributed by atoms with E-state index in [0.717, 1.165) is 19.5 Å². The summed E-state index contributed by atoms with van der Waals surface area (Å²) in [6, 6.07) is 1.65. The first-order chi connectivity index (χ1) is 9.04. The van der Waals surface area contributed by atoms with Crippen molar-refractivity contribution >= 4 is 23.3 Å². The molecule has 0 saturated carbocycles. The summed E-state index contributed by atoms with van der Waals surface area (Å²) < 4.78 is 0. The Kier molecular flexibility index (Phi) is 4.14. The van der Waals surface area contributed by atoms with Crippen LogP contribution in [0.25, 0.3) is 0 Å². The molecular formula is C13H19ClN4O. The molecule has 2 heterocycles. The van der Waals surface area contributed by atoms with Crippen LogP contribution in [0.15, 0.2) is 17.4 Å². The predicted octanol–water partition coefficient (Wildman–Crippen LogP) is 2.31. The monoisotopic (exact) mass is 282 g/mol. The molecule has 1 aliphatic rings. The Labute approximate surface area is 118 Å². The average molecular weight is 283 g/mol. The van der Waals surface area contributed by atoms with E-state index in [9.17, 15) is 0 Å². The number of oxime groups is 1. The molecular weight excluding hydrogens is 264 g/mol. The van der Waals surface area contributed by atoms with Gasteiger partial charge in [-0.1, -0.05) is 30.6 Å². The van der Waals surface area contributed by atoms with Gasteiger partial charge in [-0.05, 0) is 24.3 Å². The van der Waals surface area contributed by atoms with Gasteiger partial charge < -0.3 is 15.8 Å². The zero-order chi connectivity index (χ0) is 14.0. The standard InChI is InChI=1S/C13H19ClN4O/c1-8(2)9-4-6-18(7-9)13-11(14)10(3-5-16-13)12(15)17-19/h3,5,8-9,19H,4,6-7H2,1-2H3,(H2,15,17). The third-order valence-corrected chi connectivity index (χ3v) is 4.09. The minimum atomic E-state index is 0.00764. The van der Waals surface area contributed by atoms with Gasteiger partial charge in [-0.25, -0.2) is 4.98 Å². The molecule has 0 spiro atoms. The summed E-state index contributed by atoms with van der Waals surface area (Å²) >= 11 is 6.31. The molecule has 1 fully saturated rings. The number of halogens is 1. The molecule has 6 heteroatoms. The number of hydrogen-bond acceptors (Lipinski definition) is 4. The summed E-state index contributed by atoms with van der Waals surface area (Å²) in [6.07, 6.45) is 2.78. The summed E-state index contributed by atoms with van der Waals surface area (Å²) in [6.45, 7) is 6.35.